The highest BCUT2D eigenvalue weighted by Crippen LogP contribution is 2.12. The molecule has 1 aliphatic rings. The van der Waals surface area contributed by atoms with Crippen molar-refractivity contribution in [1.82, 2.24) is 4.90 Å². The van der Waals surface area contributed by atoms with Crippen LogP contribution in [0.3, 0.4) is 0 Å². The number of halogens is 1. The number of hydrogen-bond donors (Lipinski definition) is 0. The molecule has 104 valence electrons. The average Bonchev–Trinajstić information content (AvgIpc) is 2.39. The minimum Gasteiger partial charge on any atom is -0.376 e. The fraction of sp³-hybridized carbons (Fsp3) is 0.533. The second kappa shape index (κ2) is 6.26. The van der Waals surface area contributed by atoms with Crippen LogP contribution in [0.15, 0.2) is 18.2 Å². The third-order valence-corrected chi connectivity index (χ3v) is 3.47. The first-order chi connectivity index (χ1) is 9.06. The Bertz CT molecular complexity index is 461. The summed E-state index contributed by atoms with van der Waals surface area (Å²) in [4.78, 5) is 14.2. The maximum Gasteiger partial charge on any atom is 0.164 e. The molecule has 1 heterocycles. The maximum atomic E-state index is 13.4. The van der Waals surface area contributed by atoms with E-state index in [-0.39, 0.29) is 17.7 Å². The van der Waals surface area contributed by atoms with Gasteiger partial charge in [-0.2, -0.15) is 0 Å². The van der Waals surface area contributed by atoms with Crippen LogP contribution in [0.2, 0.25) is 0 Å². The van der Waals surface area contributed by atoms with Crippen LogP contribution >= 0.6 is 0 Å². The van der Waals surface area contributed by atoms with E-state index in [1.54, 1.807) is 19.1 Å². The van der Waals surface area contributed by atoms with Gasteiger partial charge in [0, 0.05) is 31.6 Å². The third kappa shape index (κ3) is 3.85. The van der Waals surface area contributed by atoms with Crippen LogP contribution in [-0.2, 0) is 4.74 Å². The molecule has 0 amide bonds. The predicted molar refractivity (Wildman–Crippen MR) is 71.9 cm³/mol. The minimum absolute atomic E-state index is 0.00181. The number of hydrogen-bond acceptors (Lipinski definition) is 3. The van der Waals surface area contributed by atoms with E-state index in [1.165, 1.54) is 6.07 Å². The number of nitrogens with zero attached hydrogens (tertiary/aromatic N) is 1. The topological polar surface area (TPSA) is 29.5 Å². The van der Waals surface area contributed by atoms with Crippen molar-refractivity contribution in [3.05, 3.63) is 35.1 Å². The second-order valence-corrected chi connectivity index (χ2v) is 5.12. The quantitative estimate of drug-likeness (QED) is 0.783. The zero-order valence-electron chi connectivity index (χ0n) is 11.5. The summed E-state index contributed by atoms with van der Waals surface area (Å²) in [5.41, 5.74) is 1.03. The number of carbonyl (C=O) groups is 1. The normalized spacial score (nSPS) is 20.5. The van der Waals surface area contributed by atoms with Crippen LogP contribution in [0.5, 0.6) is 0 Å². The summed E-state index contributed by atoms with van der Waals surface area (Å²) in [6.45, 7) is 6.87. The van der Waals surface area contributed by atoms with Gasteiger partial charge in [-0.1, -0.05) is 12.1 Å². The monoisotopic (exact) mass is 265 g/mol. The summed E-state index contributed by atoms with van der Waals surface area (Å²) in [6, 6.07) is 4.68. The van der Waals surface area contributed by atoms with Gasteiger partial charge in [-0.15, -0.1) is 0 Å². The number of rotatable bonds is 4. The Labute approximate surface area is 113 Å². The number of ether oxygens (including phenoxy) is 1. The molecule has 0 bridgehead atoms. The van der Waals surface area contributed by atoms with Crippen LogP contribution in [0, 0.1) is 12.7 Å². The number of Topliss-reactive ketones (excluding diaryl/α,β-unsaturated/α-hetero) is 1. The van der Waals surface area contributed by atoms with Crippen molar-refractivity contribution in [1.29, 1.82) is 0 Å². The Morgan fingerprint density at radius 3 is 3.00 bits per heavy atom. The Balaban J connectivity index is 1.88. The molecule has 1 unspecified atom stereocenters. The lowest BCUT2D eigenvalue weighted by Gasteiger charge is -2.30. The zero-order valence-corrected chi connectivity index (χ0v) is 11.5. The van der Waals surface area contributed by atoms with Gasteiger partial charge in [0.1, 0.15) is 5.82 Å². The number of morpholine rings is 1. The summed E-state index contributed by atoms with van der Waals surface area (Å²) in [5, 5.41) is 0. The van der Waals surface area contributed by atoms with Crippen LogP contribution in [0.25, 0.3) is 0 Å². The highest BCUT2D eigenvalue weighted by atomic mass is 19.1. The summed E-state index contributed by atoms with van der Waals surface area (Å²) in [5.74, 6) is -0.316. The van der Waals surface area contributed by atoms with Crippen molar-refractivity contribution >= 4 is 5.78 Å². The fourth-order valence-corrected chi connectivity index (χ4v) is 2.26. The van der Waals surface area contributed by atoms with Crippen LogP contribution in [0.1, 0.15) is 29.3 Å². The van der Waals surface area contributed by atoms with Crippen molar-refractivity contribution < 1.29 is 13.9 Å². The highest BCUT2D eigenvalue weighted by Gasteiger charge is 2.17. The van der Waals surface area contributed by atoms with Gasteiger partial charge in [0.15, 0.2) is 5.78 Å². The molecule has 3 nitrogen and oxygen atoms in total. The summed E-state index contributed by atoms with van der Waals surface area (Å²) >= 11 is 0. The van der Waals surface area contributed by atoms with Crippen LogP contribution in [0.4, 0.5) is 4.39 Å². The molecule has 0 N–H and O–H groups in total. The lowest BCUT2D eigenvalue weighted by atomic mass is 10.1. The Morgan fingerprint density at radius 2 is 2.32 bits per heavy atom. The molecule has 0 radical (unpaired) electrons. The fourth-order valence-electron chi connectivity index (χ4n) is 2.26. The number of aryl methyl sites for hydroxylation is 1. The van der Waals surface area contributed by atoms with Gasteiger partial charge < -0.3 is 4.74 Å². The Hall–Kier alpha value is -1.26. The average molecular weight is 265 g/mol. The van der Waals surface area contributed by atoms with Gasteiger partial charge in [0.25, 0.3) is 0 Å². The van der Waals surface area contributed by atoms with E-state index >= 15 is 0 Å². The largest absolute Gasteiger partial charge is 0.376 e. The number of benzene rings is 1. The number of ketones is 1. The molecule has 0 aliphatic carbocycles. The molecule has 2 rings (SSSR count). The summed E-state index contributed by atoms with van der Waals surface area (Å²) in [7, 11) is 0. The van der Waals surface area contributed by atoms with E-state index in [2.05, 4.69) is 4.90 Å². The zero-order chi connectivity index (χ0) is 13.8. The van der Waals surface area contributed by atoms with Gasteiger partial charge in [-0.3, -0.25) is 9.69 Å². The third-order valence-electron chi connectivity index (χ3n) is 3.47. The molecule has 1 saturated heterocycles. The predicted octanol–water partition coefficient (Wildman–Crippen LogP) is 2.43. The molecular formula is C15H20FNO2. The minimum atomic E-state index is -0.314. The SMILES string of the molecule is Cc1ccc(C(=O)CCN2CCOC(C)C2)cc1F. The van der Waals surface area contributed by atoms with Crippen LogP contribution < -0.4 is 0 Å². The van der Waals surface area contributed by atoms with E-state index in [0.29, 0.717) is 30.7 Å². The molecule has 0 saturated carbocycles. The van der Waals surface area contributed by atoms with Gasteiger partial charge in [0.05, 0.1) is 12.7 Å². The first-order valence-corrected chi connectivity index (χ1v) is 6.69. The van der Waals surface area contributed by atoms with Crippen molar-refractivity contribution in [2.75, 3.05) is 26.2 Å². The van der Waals surface area contributed by atoms with Crippen LogP contribution in [-0.4, -0.2) is 43.0 Å². The Kier molecular flexibility index (Phi) is 4.66. The number of carbonyl (C=O) groups excluding carboxylic acids is 1. The molecule has 1 aliphatic heterocycles. The van der Waals surface area contributed by atoms with Gasteiger partial charge in [-0.05, 0) is 25.5 Å². The molecule has 1 aromatic carbocycles. The molecule has 0 spiro atoms. The van der Waals surface area contributed by atoms with Gasteiger partial charge >= 0.3 is 0 Å². The lowest BCUT2D eigenvalue weighted by molar-refractivity contribution is -0.0180. The first-order valence-electron chi connectivity index (χ1n) is 6.69. The molecule has 4 heteroatoms. The van der Waals surface area contributed by atoms with E-state index in [1.807, 2.05) is 6.92 Å². The highest BCUT2D eigenvalue weighted by molar-refractivity contribution is 5.96. The van der Waals surface area contributed by atoms with E-state index < -0.39 is 0 Å². The van der Waals surface area contributed by atoms with Crippen molar-refractivity contribution in [2.24, 2.45) is 0 Å². The van der Waals surface area contributed by atoms with E-state index in [9.17, 15) is 9.18 Å². The first kappa shape index (κ1) is 14.2. The van der Waals surface area contributed by atoms with E-state index in [4.69, 9.17) is 4.74 Å². The molecular weight excluding hydrogens is 245 g/mol. The molecule has 0 aromatic heterocycles. The molecule has 19 heavy (non-hydrogen) atoms. The summed E-state index contributed by atoms with van der Waals surface area (Å²) in [6.07, 6.45) is 0.649. The molecule has 1 fully saturated rings. The standard InChI is InChI=1S/C15H20FNO2/c1-11-3-4-13(9-14(11)16)15(18)5-6-17-7-8-19-12(2)10-17/h3-4,9,12H,5-8,10H2,1-2H3. The van der Waals surface area contributed by atoms with Gasteiger partial charge in [-0.25, -0.2) is 4.39 Å². The maximum absolute atomic E-state index is 13.4. The lowest BCUT2D eigenvalue weighted by Crippen LogP contribution is -2.41. The van der Waals surface area contributed by atoms with Crippen molar-refractivity contribution in [3.63, 3.8) is 0 Å². The van der Waals surface area contributed by atoms with Crippen molar-refractivity contribution in [3.8, 4) is 0 Å². The summed E-state index contributed by atoms with van der Waals surface area (Å²) < 4.78 is 18.9. The second-order valence-electron chi connectivity index (χ2n) is 5.12. The molecule has 1 atom stereocenters. The molecule has 1 aromatic rings. The van der Waals surface area contributed by atoms with Gasteiger partial charge in [0.2, 0.25) is 0 Å². The van der Waals surface area contributed by atoms with E-state index in [0.717, 1.165) is 13.1 Å². The smallest absolute Gasteiger partial charge is 0.164 e. The van der Waals surface area contributed by atoms with Crippen molar-refractivity contribution in [2.45, 2.75) is 26.4 Å². The Morgan fingerprint density at radius 1 is 1.53 bits per heavy atom.